The zero-order chi connectivity index (χ0) is 18.2. The molecule has 0 N–H and O–H groups in total. The Labute approximate surface area is 147 Å². The lowest BCUT2D eigenvalue weighted by molar-refractivity contribution is -0.147. The number of rotatable bonds is 8. The molecule has 7 atom stereocenters. The van der Waals surface area contributed by atoms with Crippen molar-refractivity contribution in [1.82, 2.24) is 0 Å². The predicted molar refractivity (Wildman–Crippen MR) is 89.8 cm³/mol. The number of alkyl halides is 1. The van der Waals surface area contributed by atoms with Crippen LogP contribution in [-0.2, 0) is 23.7 Å². The van der Waals surface area contributed by atoms with Gasteiger partial charge in [0.25, 0.3) is 0 Å². The van der Waals surface area contributed by atoms with E-state index in [2.05, 4.69) is 13.2 Å². The van der Waals surface area contributed by atoms with Crippen LogP contribution in [0.5, 0.6) is 0 Å². The molecule has 3 aliphatic rings. The zero-order valence-corrected chi connectivity index (χ0v) is 14.7. The van der Waals surface area contributed by atoms with Gasteiger partial charge in [-0.2, -0.15) is 0 Å². The molecule has 5 nitrogen and oxygen atoms in total. The molecule has 6 heteroatoms. The summed E-state index contributed by atoms with van der Waals surface area (Å²) in [6.45, 7) is 9.65. The Kier molecular flexibility index (Phi) is 5.14. The van der Waals surface area contributed by atoms with Crippen molar-refractivity contribution in [1.29, 1.82) is 0 Å². The minimum absolute atomic E-state index is 0.0466. The third kappa shape index (κ3) is 3.30. The molecular weight excluding hydrogens is 327 g/mol. The highest BCUT2D eigenvalue weighted by molar-refractivity contribution is 5.89. The van der Waals surface area contributed by atoms with E-state index in [-0.39, 0.29) is 30.7 Å². The van der Waals surface area contributed by atoms with Crippen molar-refractivity contribution in [3.05, 3.63) is 37.1 Å². The zero-order valence-electron chi connectivity index (χ0n) is 14.7. The minimum atomic E-state index is -1.54. The van der Waals surface area contributed by atoms with Crippen molar-refractivity contribution in [3.63, 3.8) is 0 Å². The topological polar surface area (TPSA) is 60.6 Å². The van der Waals surface area contributed by atoms with Gasteiger partial charge in [0.1, 0.15) is 17.5 Å². The minimum Gasteiger partial charge on any atom is -0.494 e. The van der Waals surface area contributed by atoms with Gasteiger partial charge in [-0.1, -0.05) is 19.2 Å². The fourth-order valence-corrected chi connectivity index (χ4v) is 3.99. The molecule has 0 bridgehead atoms. The summed E-state index contributed by atoms with van der Waals surface area (Å²) in [5.41, 5.74) is -0.650. The quantitative estimate of drug-likeness (QED) is 0.382. The molecule has 0 aromatic rings. The number of carbonyl (C=O) groups is 1. The van der Waals surface area contributed by atoms with Crippen molar-refractivity contribution in [2.75, 3.05) is 13.7 Å². The number of halogens is 1. The lowest BCUT2D eigenvalue weighted by atomic mass is 9.71. The largest absolute Gasteiger partial charge is 0.494 e. The highest BCUT2D eigenvalue weighted by atomic mass is 19.1. The Morgan fingerprint density at radius 3 is 2.76 bits per heavy atom. The van der Waals surface area contributed by atoms with Crippen molar-refractivity contribution in [3.8, 4) is 0 Å². The van der Waals surface area contributed by atoms with Crippen molar-refractivity contribution < 1.29 is 28.1 Å². The standard InChI is InChI=1S/C19H25FO5/c1-5-7-12(6-2)23-9-8-14-17(24-14)15-18(22-4)16(21)13(20)10-19(15)11(3)25-19/h5-7,11,13-15,17-18H,1-2,8-10H2,3-4H3/b12-7+/t11?,13?,14?,15?,17?,18-,19-/m0/s1. The molecule has 138 valence electrons. The SMILES string of the molecule is C=C/C=C(\C=C)OCCC1OC1C1[C@H](OC)C(=O)C(F)C[C@@]12OC2C. The second-order valence-electron chi connectivity index (χ2n) is 6.76. The van der Waals surface area contributed by atoms with E-state index in [1.807, 2.05) is 6.92 Å². The number of ketones is 1. The molecule has 25 heavy (non-hydrogen) atoms. The number of hydrogen-bond acceptors (Lipinski definition) is 5. The lowest BCUT2D eigenvalue weighted by Gasteiger charge is -2.35. The van der Waals surface area contributed by atoms with E-state index in [0.29, 0.717) is 18.8 Å². The van der Waals surface area contributed by atoms with Crippen LogP contribution in [-0.4, -0.2) is 55.7 Å². The summed E-state index contributed by atoms with van der Waals surface area (Å²) < 4.78 is 36.5. The van der Waals surface area contributed by atoms with Crippen molar-refractivity contribution in [2.45, 2.75) is 56.0 Å². The Balaban J connectivity index is 1.61. The van der Waals surface area contributed by atoms with E-state index >= 15 is 0 Å². The predicted octanol–water partition coefficient (Wildman–Crippen LogP) is 2.52. The van der Waals surface area contributed by atoms with Gasteiger partial charge in [-0.05, 0) is 19.1 Å². The maximum atomic E-state index is 14.1. The molecule has 1 aliphatic carbocycles. The highest BCUT2D eigenvalue weighted by Crippen LogP contribution is 2.57. The normalized spacial score (nSPS) is 43.0. The molecule has 0 aromatic heterocycles. The number of hydrogen-bond donors (Lipinski definition) is 0. The van der Waals surface area contributed by atoms with E-state index in [1.54, 1.807) is 18.2 Å². The summed E-state index contributed by atoms with van der Waals surface area (Å²) in [7, 11) is 1.44. The fourth-order valence-electron chi connectivity index (χ4n) is 3.99. The molecule has 0 radical (unpaired) electrons. The summed E-state index contributed by atoms with van der Waals surface area (Å²) >= 11 is 0. The maximum Gasteiger partial charge on any atom is 0.196 e. The van der Waals surface area contributed by atoms with Gasteiger partial charge in [0.15, 0.2) is 12.0 Å². The van der Waals surface area contributed by atoms with Crippen LogP contribution in [0, 0.1) is 5.92 Å². The molecule has 2 heterocycles. The van der Waals surface area contributed by atoms with Gasteiger partial charge in [0, 0.05) is 20.0 Å². The maximum absolute atomic E-state index is 14.1. The second-order valence-corrected chi connectivity index (χ2v) is 6.76. The Morgan fingerprint density at radius 1 is 1.48 bits per heavy atom. The number of ether oxygens (including phenoxy) is 4. The summed E-state index contributed by atoms with van der Waals surface area (Å²) in [5.74, 6) is -0.139. The second kappa shape index (κ2) is 7.02. The molecule has 5 unspecified atom stereocenters. The van der Waals surface area contributed by atoms with Crippen LogP contribution < -0.4 is 0 Å². The molecule has 2 saturated heterocycles. The number of allylic oxidation sites excluding steroid dienone is 3. The summed E-state index contributed by atoms with van der Waals surface area (Å²) in [5, 5.41) is 0. The first kappa shape index (κ1) is 18.3. The monoisotopic (exact) mass is 352 g/mol. The van der Waals surface area contributed by atoms with Gasteiger partial charge < -0.3 is 18.9 Å². The van der Waals surface area contributed by atoms with Crippen LogP contribution in [0.25, 0.3) is 0 Å². The first-order chi connectivity index (χ1) is 12.0. The van der Waals surface area contributed by atoms with E-state index in [9.17, 15) is 9.18 Å². The molecular formula is C19H25FO5. The molecule has 1 saturated carbocycles. The number of carbonyl (C=O) groups excluding carboxylic acids is 1. The Hall–Kier alpha value is -1.50. The van der Waals surface area contributed by atoms with Crippen LogP contribution in [0.4, 0.5) is 4.39 Å². The van der Waals surface area contributed by atoms with Crippen molar-refractivity contribution in [2.24, 2.45) is 5.92 Å². The average molecular weight is 352 g/mol. The van der Waals surface area contributed by atoms with Gasteiger partial charge in [0.05, 0.1) is 30.8 Å². The highest BCUT2D eigenvalue weighted by Gasteiger charge is 2.71. The summed E-state index contributed by atoms with van der Waals surface area (Å²) in [4.78, 5) is 12.2. The van der Waals surface area contributed by atoms with E-state index in [4.69, 9.17) is 18.9 Å². The molecule has 1 spiro atoms. The number of methoxy groups -OCH3 is 1. The molecule has 0 amide bonds. The van der Waals surface area contributed by atoms with Gasteiger partial charge in [0.2, 0.25) is 0 Å². The van der Waals surface area contributed by atoms with Crippen LogP contribution in [0.15, 0.2) is 37.1 Å². The van der Waals surface area contributed by atoms with Crippen LogP contribution in [0.3, 0.4) is 0 Å². The van der Waals surface area contributed by atoms with E-state index in [0.717, 1.165) is 0 Å². The summed E-state index contributed by atoms with van der Waals surface area (Å²) in [6, 6.07) is 0. The first-order valence-corrected chi connectivity index (χ1v) is 8.60. The smallest absolute Gasteiger partial charge is 0.196 e. The number of Topliss-reactive ketones (excluding diaryl/α,β-unsaturated/α-hetero) is 1. The third-order valence-corrected chi connectivity index (χ3v) is 5.39. The Bertz CT molecular complexity index is 588. The van der Waals surface area contributed by atoms with E-state index in [1.165, 1.54) is 7.11 Å². The van der Waals surface area contributed by atoms with Crippen LogP contribution in [0.2, 0.25) is 0 Å². The van der Waals surface area contributed by atoms with Gasteiger partial charge in [-0.15, -0.1) is 0 Å². The number of epoxide rings is 2. The van der Waals surface area contributed by atoms with Gasteiger partial charge in [-0.25, -0.2) is 4.39 Å². The third-order valence-electron chi connectivity index (χ3n) is 5.39. The molecule has 3 fully saturated rings. The average Bonchev–Trinajstić information content (AvgIpc) is 3.48. The Morgan fingerprint density at radius 2 is 2.20 bits per heavy atom. The van der Waals surface area contributed by atoms with Crippen LogP contribution in [0.1, 0.15) is 19.8 Å². The van der Waals surface area contributed by atoms with Crippen LogP contribution >= 0.6 is 0 Å². The molecule has 2 aliphatic heterocycles. The van der Waals surface area contributed by atoms with E-state index < -0.39 is 23.7 Å². The summed E-state index contributed by atoms with van der Waals surface area (Å²) in [6.07, 6.45) is 3.05. The molecule has 0 aromatic carbocycles. The molecule has 3 rings (SSSR count). The fraction of sp³-hybridized carbons (Fsp3) is 0.632. The van der Waals surface area contributed by atoms with Gasteiger partial charge in [-0.3, -0.25) is 4.79 Å². The van der Waals surface area contributed by atoms with Gasteiger partial charge >= 0.3 is 0 Å². The van der Waals surface area contributed by atoms with Crippen molar-refractivity contribution >= 4 is 5.78 Å². The lowest BCUT2D eigenvalue weighted by Crippen LogP contribution is -2.54. The first-order valence-electron chi connectivity index (χ1n) is 8.60.